The number of anilines is 2. The zero-order chi connectivity index (χ0) is 39.2. The number of carbonyl (C=O) groups is 1. The van der Waals surface area contributed by atoms with Crippen LogP contribution in [0.25, 0.3) is 0 Å². The van der Waals surface area contributed by atoms with E-state index in [4.69, 9.17) is 20.9 Å². The van der Waals surface area contributed by atoms with Crippen molar-refractivity contribution in [1.29, 1.82) is 0 Å². The van der Waals surface area contributed by atoms with Crippen LogP contribution in [0.5, 0.6) is 11.5 Å². The van der Waals surface area contributed by atoms with E-state index < -0.39 is 64.3 Å². The first-order valence-electron chi connectivity index (χ1n) is 14.1. The smallest absolute Gasteiger partial charge is 0.460 e. The number of allylic oxidation sites excluding steroid dienone is 1. The quantitative estimate of drug-likeness (QED) is 0.114. The summed E-state index contributed by atoms with van der Waals surface area (Å²) >= 11 is 0. The maximum absolute atomic E-state index is 15.7. The Morgan fingerprint density at radius 1 is 0.865 bits per heavy atom. The molecule has 0 radical (unpaired) electrons. The molecule has 0 aliphatic carbocycles. The van der Waals surface area contributed by atoms with Crippen molar-refractivity contribution < 1.29 is 71.3 Å². The van der Waals surface area contributed by atoms with Crippen LogP contribution in [0.15, 0.2) is 60.0 Å². The molecule has 1 aliphatic rings. The van der Waals surface area contributed by atoms with E-state index in [1.54, 1.807) is 0 Å². The Hall–Kier alpha value is -5.31. The van der Waals surface area contributed by atoms with Gasteiger partial charge in [-0.3, -0.25) is 9.80 Å². The van der Waals surface area contributed by atoms with Crippen LogP contribution in [0.2, 0.25) is 0 Å². The molecule has 9 nitrogen and oxygen atoms in total. The third-order valence-electron chi connectivity index (χ3n) is 7.68. The van der Waals surface area contributed by atoms with Gasteiger partial charge in [0.2, 0.25) is 5.95 Å². The Balaban J connectivity index is 1.80. The molecule has 1 unspecified atom stereocenters. The average Bonchev–Trinajstić information content (AvgIpc) is 3.06. The lowest BCUT2D eigenvalue weighted by molar-refractivity contribution is -0.443. The lowest BCUT2D eigenvalue weighted by atomic mass is 9.86. The van der Waals surface area contributed by atoms with Crippen LogP contribution >= 0.6 is 0 Å². The zero-order valence-electron chi connectivity index (χ0n) is 26.1. The number of methoxy groups -OCH3 is 2. The fourth-order valence-corrected chi connectivity index (χ4v) is 4.99. The topological polar surface area (TPSA) is 129 Å². The van der Waals surface area contributed by atoms with Crippen molar-refractivity contribution in [3.63, 3.8) is 0 Å². The van der Waals surface area contributed by atoms with Crippen molar-refractivity contribution >= 4 is 23.8 Å². The summed E-state index contributed by atoms with van der Waals surface area (Å²) < 4.78 is 194. The zero-order valence-corrected chi connectivity index (χ0v) is 26.1. The molecule has 1 aliphatic heterocycles. The SMILES string of the molecule is COc1cc(Cc2cnc(N)nc2N)cc(C(=O)C=CN2N=Cc3ccccc3C2C(F)(F)C(F)(F)C(F)(F)C(F)(F)C(F)(F)C(F)(F)F)c1OC. The van der Waals surface area contributed by atoms with Gasteiger partial charge in [-0.25, -0.2) is 4.98 Å². The van der Waals surface area contributed by atoms with Gasteiger partial charge in [-0.1, -0.05) is 24.3 Å². The van der Waals surface area contributed by atoms with Crippen molar-refractivity contribution in [2.24, 2.45) is 5.10 Å². The molecule has 282 valence electrons. The molecule has 22 heteroatoms. The van der Waals surface area contributed by atoms with E-state index in [0.29, 0.717) is 23.9 Å². The monoisotopic (exact) mass is 762 g/mol. The highest BCUT2D eigenvalue weighted by atomic mass is 19.4. The number of halogens is 13. The standard InChI is InChI=1S/C30H23F13N6O3/c1-51-20-11-14(9-16-12-46-24(45)48-23(16)44)10-18(21(20)52-2)19(50)7-8-49-22(17-6-4-3-5-15(17)13-47-49)25(31,32)26(33,34)27(35,36)28(37,38)29(39,40)30(41,42)43/h3-8,10-13,22H,9H2,1-2H3,(H4,44,45,46,48). The summed E-state index contributed by atoms with van der Waals surface area (Å²) in [4.78, 5) is 21.0. The number of fused-ring (bicyclic) bond motifs is 1. The number of benzene rings is 2. The van der Waals surface area contributed by atoms with Gasteiger partial charge in [0.05, 0.1) is 26.0 Å². The summed E-state index contributed by atoms with van der Waals surface area (Å²) in [5.41, 5.74) is 9.97. The van der Waals surface area contributed by atoms with Crippen LogP contribution in [-0.2, 0) is 6.42 Å². The summed E-state index contributed by atoms with van der Waals surface area (Å²) in [5.74, 6) is -40.1. The number of nitrogens with two attached hydrogens (primary N) is 2. The highest BCUT2D eigenvalue weighted by Gasteiger charge is 2.91. The van der Waals surface area contributed by atoms with Crippen LogP contribution in [-0.4, -0.2) is 77.0 Å². The number of hydrogen-bond acceptors (Lipinski definition) is 9. The van der Waals surface area contributed by atoms with Gasteiger partial charge >= 0.3 is 35.8 Å². The molecule has 4 rings (SSSR count). The van der Waals surface area contributed by atoms with Crippen molar-refractivity contribution in [2.45, 2.75) is 48.3 Å². The third-order valence-corrected chi connectivity index (χ3v) is 7.68. The first-order chi connectivity index (χ1) is 23.9. The number of alkyl halides is 13. The van der Waals surface area contributed by atoms with Gasteiger partial charge in [0, 0.05) is 36.0 Å². The molecule has 0 fully saturated rings. The van der Waals surface area contributed by atoms with Crippen LogP contribution in [0.3, 0.4) is 0 Å². The Morgan fingerprint density at radius 2 is 1.48 bits per heavy atom. The Labute approximate surface area is 283 Å². The van der Waals surface area contributed by atoms with Gasteiger partial charge in [0.25, 0.3) is 0 Å². The highest BCUT2D eigenvalue weighted by Crippen LogP contribution is 2.62. The van der Waals surface area contributed by atoms with Crippen LogP contribution < -0.4 is 20.9 Å². The molecule has 1 atom stereocenters. The van der Waals surface area contributed by atoms with Crippen molar-refractivity contribution in [1.82, 2.24) is 15.0 Å². The number of aromatic nitrogens is 2. The molecular weight excluding hydrogens is 739 g/mol. The van der Waals surface area contributed by atoms with E-state index >= 15 is 17.6 Å². The molecule has 0 amide bonds. The molecule has 2 aromatic carbocycles. The largest absolute Gasteiger partial charge is 0.493 e. The Bertz CT molecular complexity index is 1900. The number of ether oxygens (including phenoxy) is 2. The van der Waals surface area contributed by atoms with Crippen LogP contribution in [0.1, 0.15) is 38.7 Å². The molecule has 3 aromatic rings. The second-order valence-electron chi connectivity index (χ2n) is 10.9. The van der Waals surface area contributed by atoms with Crippen LogP contribution in [0.4, 0.5) is 68.8 Å². The van der Waals surface area contributed by atoms with E-state index in [2.05, 4.69) is 15.1 Å². The van der Waals surface area contributed by atoms with Crippen molar-refractivity contribution in [3.8, 4) is 11.5 Å². The molecule has 1 aromatic heterocycles. The first-order valence-corrected chi connectivity index (χ1v) is 14.1. The lowest BCUT2D eigenvalue weighted by Gasteiger charge is -2.44. The van der Waals surface area contributed by atoms with Gasteiger partial charge in [0.1, 0.15) is 11.9 Å². The number of carbonyl (C=O) groups excluding carboxylic acids is 1. The average molecular weight is 763 g/mol. The van der Waals surface area contributed by atoms with Gasteiger partial charge in [-0.05, 0) is 23.3 Å². The van der Waals surface area contributed by atoms with Gasteiger partial charge in [-0.15, -0.1) is 0 Å². The molecule has 0 saturated heterocycles. The normalized spacial score (nSPS) is 15.9. The molecule has 0 bridgehead atoms. The number of hydrazone groups is 1. The number of nitrogens with zero attached hydrogens (tertiary/aromatic N) is 4. The Kier molecular flexibility index (Phi) is 10.1. The number of ketones is 1. The molecular formula is C30H23F13N6O3. The minimum atomic E-state index is -8.11. The fraction of sp³-hybridized carbons (Fsp3) is 0.333. The summed E-state index contributed by atoms with van der Waals surface area (Å²) in [5, 5.41) is 3.14. The molecule has 52 heavy (non-hydrogen) atoms. The fourth-order valence-electron chi connectivity index (χ4n) is 4.99. The van der Waals surface area contributed by atoms with Gasteiger partial charge in [-0.2, -0.15) is 67.2 Å². The van der Waals surface area contributed by atoms with E-state index in [0.717, 1.165) is 25.3 Å². The number of nitrogen functional groups attached to an aromatic ring is 2. The lowest BCUT2D eigenvalue weighted by Crippen LogP contribution is -2.71. The summed E-state index contributed by atoms with van der Waals surface area (Å²) in [6.07, 6.45) is -5.06. The molecule has 0 saturated carbocycles. The molecule has 4 N–H and O–H groups in total. The number of hydrogen-bond donors (Lipinski definition) is 2. The minimum Gasteiger partial charge on any atom is -0.493 e. The Morgan fingerprint density at radius 3 is 2.06 bits per heavy atom. The van der Waals surface area contributed by atoms with Gasteiger partial charge < -0.3 is 20.9 Å². The predicted octanol–water partition coefficient (Wildman–Crippen LogP) is 7.08. The predicted molar refractivity (Wildman–Crippen MR) is 156 cm³/mol. The van der Waals surface area contributed by atoms with Crippen LogP contribution in [0, 0.1) is 0 Å². The molecule has 0 spiro atoms. The highest BCUT2D eigenvalue weighted by molar-refractivity contribution is 6.07. The first kappa shape index (κ1) is 39.5. The second kappa shape index (κ2) is 13.3. The minimum absolute atomic E-state index is 0.0486. The van der Waals surface area contributed by atoms with Crippen molar-refractivity contribution in [3.05, 3.63) is 82.7 Å². The van der Waals surface area contributed by atoms with Gasteiger partial charge in [0.15, 0.2) is 17.3 Å². The molecule has 2 heterocycles. The summed E-state index contributed by atoms with van der Waals surface area (Å²) in [7, 11) is 2.26. The van der Waals surface area contributed by atoms with E-state index in [1.165, 1.54) is 25.4 Å². The maximum Gasteiger partial charge on any atom is 0.460 e. The third kappa shape index (κ3) is 6.37. The second-order valence-corrected chi connectivity index (χ2v) is 10.9. The maximum atomic E-state index is 15.7. The van der Waals surface area contributed by atoms with E-state index in [9.17, 15) is 44.3 Å². The summed E-state index contributed by atoms with van der Waals surface area (Å²) in [6, 6.07) is 2.53. The van der Waals surface area contributed by atoms with E-state index in [1.807, 2.05) is 0 Å². The summed E-state index contributed by atoms with van der Waals surface area (Å²) in [6.45, 7) is 0. The van der Waals surface area contributed by atoms with E-state index in [-0.39, 0.29) is 46.5 Å². The van der Waals surface area contributed by atoms with Crippen molar-refractivity contribution in [2.75, 3.05) is 25.7 Å². The number of rotatable bonds is 12.